The molecule has 2 aliphatic rings. The summed E-state index contributed by atoms with van der Waals surface area (Å²) in [4.78, 5) is 24.4. The molecule has 12 nitrogen and oxygen atoms in total. The third-order valence-electron chi connectivity index (χ3n) is 8.50. The molecule has 0 radical (unpaired) electrons. The van der Waals surface area contributed by atoms with Crippen molar-refractivity contribution in [3.63, 3.8) is 0 Å². The molecule has 0 bridgehead atoms. The van der Waals surface area contributed by atoms with Gasteiger partial charge in [0.05, 0.1) is 15.5 Å². The van der Waals surface area contributed by atoms with Crippen LogP contribution in [0.15, 0.2) is 119 Å². The fourth-order valence-electron chi connectivity index (χ4n) is 6.05. The Hall–Kier alpha value is -4.79. The molecule has 0 fully saturated rings. The number of para-hydroxylation sites is 2. The molecule has 4 aromatic carbocycles. The summed E-state index contributed by atoms with van der Waals surface area (Å²) in [5.41, 5.74) is 2.89. The predicted octanol–water partition coefficient (Wildman–Crippen LogP) is 8.27. The van der Waals surface area contributed by atoms with Crippen molar-refractivity contribution in [2.24, 2.45) is 0 Å². The zero-order chi connectivity index (χ0) is 41.9. The normalized spacial score (nSPS) is 16.8. The molecule has 0 aromatic heterocycles. The van der Waals surface area contributed by atoms with Crippen molar-refractivity contribution in [1.29, 1.82) is 0 Å². The van der Waals surface area contributed by atoms with Crippen molar-refractivity contribution in [1.82, 2.24) is 10.6 Å². The van der Waals surface area contributed by atoms with Crippen LogP contribution in [0.25, 0.3) is 0 Å². The maximum atomic E-state index is 13.2. The Bertz CT molecular complexity index is 2160. The first-order valence-corrected chi connectivity index (χ1v) is 22.4. The average molecular weight is 841 g/mol. The molecule has 2 atom stereocenters. The SMILES string of the molecule is CC(C)(C)OC(=O)NC1CCN(S(=O)(=O)c2ccccc2)c2ccccc2C1.CC(C)(C)OC(=O)NC1CCNc2ccccc2C1.O=S(=O)(Cl)c1ccccc1. The number of rotatable bonds is 5. The van der Waals surface area contributed by atoms with E-state index in [4.69, 9.17) is 20.2 Å². The highest BCUT2D eigenvalue weighted by atomic mass is 35.7. The Balaban J connectivity index is 0.000000213. The Morgan fingerprint density at radius 2 is 1.11 bits per heavy atom. The second kappa shape index (κ2) is 19.6. The van der Waals surface area contributed by atoms with E-state index in [1.807, 2.05) is 77.9 Å². The summed E-state index contributed by atoms with van der Waals surface area (Å²) in [6.07, 6.45) is 1.93. The number of amides is 2. The first kappa shape index (κ1) is 44.9. The van der Waals surface area contributed by atoms with Gasteiger partial charge < -0.3 is 25.4 Å². The molecule has 0 saturated heterocycles. The topological polar surface area (TPSA) is 160 Å². The highest BCUT2D eigenvalue weighted by Crippen LogP contribution is 2.31. The van der Waals surface area contributed by atoms with Gasteiger partial charge in [0.1, 0.15) is 11.2 Å². The van der Waals surface area contributed by atoms with Crippen molar-refractivity contribution in [3.05, 3.63) is 120 Å². The molecule has 2 unspecified atom stereocenters. The molecule has 15 heteroatoms. The number of hydrogen-bond acceptors (Lipinski definition) is 9. The molecular weight excluding hydrogens is 788 g/mol. The second-order valence-corrected chi connectivity index (χ2v) is 20.0. The van der Waals surface area contributed by atoms with E-state index in [-0.39, 0.29) is 34.5 Å². The lowest BCUT2D eigenvalue weighted by molar-refractivity contribution is 0.0491. The summed E-state index contributed by atoms with van der Waals surface area (Å²) in [5.74, 6) is 0. The predicted molar refractivity (Wildman–Crippen MR) is 225 cm³/mol. The second-order valence-electron chi connectivity index (χ2n) is 15.5. The molecule has 0 aliphatic carbocycles. The highest BCUT2D eigenvalue weighted by molar-refractivity contribution is 8.13. The van der Waals surface area contributed by atoms with Gasteiger partial charge in [-0.3, -0.25) is 4.31 Å². The number of fused-ring (bicyclic) bond motifs is 2. The first-order valence-electron chi connectivity index (χ1n) is 18.7. The van der Waals surface area contributed by atoms with Crippen molar-refractivity contribution in [2.45, 2.75) is 100 Å². The smallest absolute Gasteiger partial charge is 0.407 e. The Kier molecular flexibility index (Phi) is 15.4. The van der Waals surface area contributed by atoms with Gasteiger partial charge in [-0.05, 0) is 115 Å². The number of carbonyl (C=O) groups excluding carboxylic acids is 2. The minimum absolute atomic E-state index is 0.117. The number of anilines is 2. The van der Waals surface area contributed by atoms with Gasteiger partial charge in [-0.1, -0.05) is 72.8 Å². The van der Waals surface area contributed by atoms with E-state index in [1.54, 1.807) is 48.5 Å². The van der Waals surface area contributed by atoms with Crippen LogP contribution < -0.4 is 20.3 Å². The Morgan fingerprint density at radius 3 is 1.63 bits per heavy atom. The minimum Gasteiger partial charge on any atom is -0.444 e. The molecule has 57 heavy (non-hydrogen) atoms. The number of hydrogen-bond donors (Lipinski definition) is 3. The van der Waals surface area contributed by atoms with Crippen LogP contribution in [-0.2, 0) is 41.4 Å². The standard InChI is InChI=1S/C21H26N2O4S.C15H22N2O2.C6H5ClO2S/c1-21(2,3)27-20(24)22-17-13-14-23(19-12-8-7-9-16(19)15-17)28(25,26)18-10-5-4-6-11-18;1-15(2,3)19-14(18)17-12-8-9-16-13-7-5-4-6-11(13)10-12;7-10(8,9)6-4-2-1-3-5-6/h4-12,17H,13-15H2,1-3H3,(H,22,24);4-7,12,16H,8-10H2,1-3H3,(H,17,18);1-5H. The van der Waals surface area contributed by atoms with Crippen LogP contribution in [0.4, 0.5) is 21.0 Å². The van der Waals surface area contributed by atoms with E-state index in [0.717, 1.165) is 30.6 Å². The van der Waals surface area contributed by atoms with E-state index in [1.165, 1.54) is 22.0 Å². The van der Waals surface area contributed by atoms with Crippen LogP contribution in [-0.4, -0.2) is 65.4 Å². The van der Waals surface area contributed by atoms with Gasteiger partial charge in [-0.25, -0.2) is 26.4 Å². The lowest BCUT2D eigenvalue weighted by atomic mass is 10.0. The van der Waals surface area contributed by atoms with Gasteiger partial charge >= 0.3 is 12.2 Å². The summed E-state index contributed by atoms with van der Waals surface area (Å²) in [6, 6.07) is 31.8. The zero-order valence-electron chi connectivity index (χ0n) is 33.2. The van der Waals surface area contributed by atoms with Gasteiger partial charge in [-0.15, -0.1) is 0 Å². The number of sulfonamides is 1. The summed E-state index contributed by atoms with van der Waals surface area (Å²) in [5, 5.41) is 9.23. The van der Waals surface area contributed by atoms with Crippen molar-refractivity contribution >= 4 is 53.3 Å². The molecule has 2 amide bonds. The fraction of sp³-hybridized carbons (Fsp3) is 0.381. The largest absolute Gasteiger partial charge is 0.444 e. The maximum absolute atomic E-state index is 13.2. The van der Waals surface area contributed by atoms with Crippen molar-refractivity contribution in [3.8, 4) is 0 Å². The number of halogens is 1. The highest BCUT2D eigenvalue weighted by Gasteiger charge is 2.31. The zero-order valence-corrected chi connectivity index (χ0v) is 35.6. The van der Waals surface area contributed by atoms with Crippen molar-refractivity contribution in [2.75, 3.05) is 22.7 Å². The number of carbonyl (C=O) groups is 2. The molecule has 2 aliphatic heterocycles. The van der Waals surface area contributed by atoms with Gasteiger partial charge in [0.15, 0.2) is 0 Å². The van der Waals surface area contributed by atoms with Crippen molar-refractivity contribution < 1.29 is 35.9 Å². The van der Waals surface area contributed by atoms with E-state index in [9.17, 15) is 26.4 Å². The molecular formula is C42H53ClN4O8S2. The van der Waals surface area contributed by atoms with Gasteiger partial charge in [0, 0.05) is 41.5 Å². The Morgan fingerprint density at radius 1 is 0.649 bits per heavy atom. The van der Waals surface area contributed by atoms with Crippen LogP contribution >= 0.6 is 10.7 Å². The van der Waals surface area contributed by atoms with E-state index in [2.05, 4.69) is 28.1 Å². The third kappa shape index (κ3) is 14.6. The van der Waals surface area contributed by atoms with Gasteiger partial charge in [0.2, 0.25) is 0 Å². The quantitative estimate of drug-likeness (QED) is 0.168. The minimum atomic E-state index is -3.69. The third-order valence-corrected chi connectivity index (χ3v) is 11.7. The molecule has 4 aromatic rings. The molecule has 3 N–H and O–H groups in total. The fourth-order valence-corrected chi connectivity index (χ4v) is 8.38. The molecule has 2 heterocycles. The first-order chi connectivity index (χ1) is 26.7. The lowest BCUT2D eigenvalue weighted by Gasteiger charge is -2.25. The summed E-state index contributed by atoms with van der Waals surface area (Å²) in [6.45, 7) is 12.2. The Labute approximate surface area is 341 Å². The van der Waals surface area contributed by atoms with E-state index >= 15 is 0 Å². The molecule has 0 spiro atoms. The monoisotopic (exact) mass is 840 g/mol. The number of ether oxygens (including phenoxy) is 2. The van der Waals surface area contributed by atoms with Gasteiger partial charge in [-0.2, -0.15) is 0 Å². The van der Waals surface area contributed by atoms with Crippen LogP contribution in [0.1, 0.15) is 65.5 Å². The van der Waals surface area contributed by atoms with E-state index < -0.39 is 36.4 Å². The number of nitrogens with one attached hydrogen (secondary N) is 3. The van der Waals surface area contributed by atoms with Gasteiger partial charge in [0.25, 0.3) is 19.1 Å². The van der Waals surface area contributed by atoms with Crippen LogP contribution in [0, 0.1) is 0 Å². The summed E-state index contributed by atoms with van der Waals surface area (Å²) in [7, 11) is -2.19. The lowest BCUT2D eigenvalue weighted by Crippen LogP contribution is -2.41. The molecule has 6 rings (SSSR count). The maximum Gasteiger partial charge on any atom is 0.407 e. The summed E-state index contributed by atoms with van der Waals surface area (Å²) >= 11 is 0. The molecule has 308 valence electrons. The van der Waals surface area contributed by atoms with Crippen LogP contribution in [0.5, 0.6) is 0 Å². The number of alkyl carbamates (subject to hydrolysis) is 2. The average Bonchev–Trinajstić information content (AvgIpc) is 3.44. The van der Waals surface area contributed by atoms with E-state index in [0.29, 0.717) is 18.5 Å². The summed E-state index contributed by atoms with van der Waals surface area (Å²) < 4.78 is 59.8. The number of nitrogens with zero attached hydrogens (tertiary/aromatic N) is 1. The number of benzene rings is 4. The molecule has 0 saturated carbocycles. The van der Waals surface area contributed by atoms with Crippen LogP contribution in [0.3, 0.4) is 0 Å². The van der Waals surface area contributed by atoms with Crippen LogP contribution in [0.2, 0.25) is 0 Å².